The summed E-state index contributed by atoms with van der Waals surface area (Å²) in [5.41, 5.74) is 17.9. The molecule has 0 saturated heterocycles. The van der Waals surface area contributed by atoms with Crippen molar-refractivity contribution in [3.63, 3.8) is 0 Å². The van der Waals surface area contributed by atoms with Gasteiger partial charge in [0.05, 0.1) is 6.04 Å². The lowest BCUT2D eigenvalue weighted by molar-refractivity contribution is 0.0956. The average molecular weight is 280 g/mol. The normalized spacial score (nSPS) is 11.9. The van der Waals surface area contributed by atoms with E-state index in [1.165, 1.54) is 0 Å². The van der Waals surface area contributed by atoms with Gasteiger partial charge in [0, 0.05) is 17.0 Å². The summed E-state index contributed by atoms with van der Waals surface area (Å²) >= 11 is 4.23. The predicted octanol–water partition coefficient (Wildman–Crippen LogP) is 0.847. The molecule has 0 aromatic heterocycles. The molecule has 0 radical (unpaired) electrons. The first-order chi connectivity index (χ1) is 8.91. The predicted molar refractivity (Wildman–Crippen MR) is 80.6 cm³/mol. The van der Waals surface area contributed by atoms with Gasteiger partial charge in [-0.25, -0.2) is 0 Å². The third kappa shape index (κ3) is 4.92. The Morgan fingerprint density at radius 2 is 2.11 bits per heavy atom. The van der Waals surface area contributed by atoms with Crippen molar-refractivity contribution >= 4 is 24.4 Å². The molecule has 1 aromatic rings. The van der Waals surface area contributed by atoms with Gasteiger partial charge < -0.3 is 17.2 Å². The van der Waals surface area contributed by atoms with E-state index in [0.29, 0.717) is 24.9 Å². The molecule has 0 amide bonds. The van der Waals surface area contributed by atoms with Gasteiger partial charge in [0.1, 0.15) is 0 Å². The molecule has 0 saturated carbocycles. The van der Waals surface area contributed by atoms with E-state index in [9.17, 15) is 4.79 Å². The second kappa shape index (κ2) is 7.16. The lowest BCUT2D eigenvalue weighted by Gasteiger charge is -2.12. The smallest absolute Gasteiger partial charge is 0.185 e. The van der Waals surface area contributed by atoms with Crippen LogP contribution in [0.3, 0.4) is 0 Å². The highest BCUT2D eigenvalue weighted by Crippen LogP contribution is 2.16. The van der Waals surface area contributed by atoms with Crippen molar-refractivity contribution in [1.82, 2.24) is 0 Å². The Labute approximate surface area is 118 Å². The van der Waals surface area contributed by atoms with Gasteiger partial charge in [-0.05, 0) is 37.5 Å². The number of hydrogen-bond donors (Lipinski definition) is 4. The van der Waals surface area contributed by atoms with E-state index in [2.05, 4.69) is 17.6 Å². The van der Waals surface area contributed by atoms with Gasteiger partial charge in [-0.3, -0.25) is 9.79 Å². The molecule has 0 aliphatic heterocycles. The lowest BCUT2D eigenvalue weighted by Crippen LogP contribution is -2.31. The average Bonchev–Trinajstić information content (AvgIpc) is 2.36. The van der Waals surface area contributed by atoms with Gasteiger partial charge in [0.25, 0.3) is 0 Å². The maximum atomic E-state index is 12.2. The fourth-order valence-electron chi connectivity index (χ4n) is 1.73. The molecule has 1 aromatic carbocycles. The molecule has 0 bridgehead atoms. The molecule has 1 rings (SSSR count). The van der Waals surface area contributed by atoms with Crippen LogP contribution >= 0.6 is 12.6 Å². The number of carbonyl (C=O) groups is 1. The van der Waals surface area contributed by atoms with E-state index in [1.54, 1.807) is 6.07 Å². The lowest BCUT2D eigenvalue weighted by atomic mass is 9.97. The molecular formula is C13H20N4OS. The maximum Gasteiger partial charge on any atom is 0.185 e. The van der Waals surface area contributed by atoms with Crippen molar-refractivity contribution in [3.05, 3.63) is 29.3 Å². The standard InChI is InChI=1S/C13H20N4OS/c1-8-4-5-9(19)7-10(8)12(18)11(14)3-2-6-17-13(15)16/h4-5,7,11,19H,2-3,6,14H2,1H3,(H4,15,16,17)/t11-/m0/s1. The first-order valence-electron chi connectivity index (χ1n) is 6.06. The number of rotatable bonds is 6. The van der Waals surface area contributed by atoms with Crippen LogP contribution in [-0.4, -0.2) is 24.3 Å². The number of benzene rings is 1. The molecule has 0 fully saturated rings. The Hall–Kier alpha value is -1.53. The summed E-state index contributed by atoms with van der Waals surface area (Å²) in [5.74, 6) is -0.0170. The second-order valence-electron chi connectivity index (χ2n) is 4.42. The summed E-state index contributed by atoms with van der Waals surface area (Å²) in [6.07, 6.45) is 1.22. The molecule has 0 spiro atoms. The molecule has 0 unspecified atom stereocenters. The summed E-state index contributed by atoms with van der Waals surface area (Å²) < 4.78 is 0. The first-order valence-corrected chi connectivity index (χ1v) is 6.51. The van der Waals surface area contributed by atoms with Crippen LogP contribution in [0.1, 0.15) is 28.8 Å². The summed E-state index contributed by atoms with van der Waals surface area (Å²) in [5, 5.41) is 0. The Kier molecular flexibility index (Phi) is 5.85. The van der Waals surface area contributed by atoms with E-state index in [1.807, 2.05) is 19.1 Å². The molecule has 6 heteroatoms. The number of thiol groups is 1. The van der Waals surface area contributed by atoms with Crippen LogP contribution in [0.2, 0.25) is 0 Å². The fraction of sp³-hybridized carbons (Fsp3) is 0.385. The van der Waals surface area contributed by atoms with Gasteiger partial charge in [-0.1, -0.05) is 6.07 Å². The fourth-order valence-corrected chi connectivity index (χ4v) is 1.93. The van der Waals surface area contributed by atoms with Gasteiger partial charge in [-0.2, -0.15) is 0 Å². The largest absolute Gasteiger partial charge is 0.370 e. The van der Waals surface area contributed by atoms with Crippen LogP contribution in [0.5, 0.6) is 0 Å². The number of guanidine groups is 1. The van der Waals surface area contributed by atoms with Crippen LogP contribution < -0.4 is 17.2 Å². The van der Waals surface area contributed by atoms with E-state index < -0.39 is 6.04 Å². The van der Waals surface area contributed by atoms with Crippen molar-refractivity contribution < 1.29 is 4.79 Å². The number of nitrogens with zero attached hydrogens (tertiary/aromatic N) is 1. The van der Waals surface area contributed by atoms with Crippen molar-refractivity contribution in [2.45, 2.75) is 30.7 Å². The Morgan fingerprint density at radius 3 is 2.74 bits per heavy atom. The van der Waals surface area contributed by atoms with Crippen molar-refractivity contribution in [1.29, 1.82) is 0 Å². The zero-order valence-electron chi connectivity index (χ0n) is 11.0. The number of aliphatic imine (C=N–C) groups is 1. The summed E-state index contributed by atoms with van der Waals surface area (Å²) in [6, 6.07) is 4.92. The molecule has 19 heavy (non-hydrogen) atoms. The number of Topliss-reactive ketones (excluding diaryl/α,β-unsaturated/α-hetero) is 1. The number of carbonyl (C=O) groups excluding carboxylic acids is 1. The van der Waals surface area contributed by atoms with E-state index >= 15 is 0 Å². The van der Waals surface area contributed by atoms with Gasteiger partial charge in [0.15, 0.2) is 11.7 Å². The number of ketones is 1. The maximum absolute atomic E-state index is 12.2. The number of nitrogens with two attached hydrogens (primary N) is 3. The van der Waals surface area contributed by atoms with Crippen LogP contribution in [0.15, 0.2) is 28.1 Å². The van der Waals surface area contributed by atoms with Gasteiger partial charge >= 0.3 is 0 Å². The topological polar surface area (TPSA) is 107 Å². The number of hydrogen-bond acceptors (Lipinski definition) is 4. The summed E-state index contributed by atoms with van der Waals surface area (Å²) in [6.45, 7) is 2.36. The molecule has 1 atom stereocenters. The van der Waals surface area contributed by atoms with Crippen LogP contribution in [0.25, 0.3) is 0 Å². The highest BCUT2D eigenvalue weighted by molar-refractivity contribution is 7.80. The minimum atomic E-state index is -0.539. The molecule has 6 N–H and O–H groups in total. The quantitative estimate of drug-likeness (QED) is 0.204. The molecule has 104 valence electrons. The first kappa shape index (κ1) is 15.5. The molecule has 5 nitrogen and oxygen atoms in total. The molecule has 0 aliphatic carbocycles. The van der Waals surface area contributed by atoms with E-state index in [-0.39, 0.29) is 11.7 Å². The number of aryl methyl sites for hydroxylation is 1. The highest BCUT2D eigenvalue weighted by atomic mass is 32.1. The summed E-state index contributed by atoms with van der Waals surface area (Å²) in [7, 11) is 0. The molecule has 0 heterocycles. The van der Waals surface area contributed by atoms with Crippen molar-refractivity contribution in [2.24, 2.45) is 22.2 Å². The Balaban J connectivity index is 2.61. The molecule has 0 aliphatic rings. The monoisotopic (exact) mass is 280 g/mol. The van der Waals surface area contributed by atoms with E-state index in [0.717, 1.165) is 10.5 Å². The van der Waals surface area contributed by atoms with Crippen LogP contribution in [-0.2, 0) is 0 Å². The van der Waals surface area contributed by atoms with Crippen LogP contribution in [0, 0.1) is 6.92 Å². The zero-order valence-corrected chi connectivity index (χ0v) is 11.9. The zero-order chi connectivity index (χ0) is 14.4. The summed E-state index contributed by atoms with van der Waals surface area (Å²) in [4.78, 5) is 16.8. The second-order valence-corrected chi connectivity index (χ2v) is 4.94. The van der Waals surface area contributed by atoms with Crippen LogP contribution in [0.4, 0.5) is 0 Å². The third-order valence-electron chi connectivity index (χ3n) is 2.79. The molecular weight excluding hydrogens is 260 g/mol. The van der Waals surface area contributed by atoms with Gasteiger partial charge in [0.2, 0.25) is 0 Å². The minimum absolute atomic E-state index is 0.0542. The van der Waals surface area contributed by atoms with E-state index in [4.69, 9.17) is 17.2 Å². The minimum Gasteiger partial charge on any atom is -0.370 e. The van der Waals surface area contributed by atoms with Crippen molar-refractivity contribution in [2.75, 3.05) is 6.54 Å². The van der Waals surface area contributed by atoms with Gasteiger partial charge in [-0.15, -0.1) is 12.6 Å². The Bertz CT molecular complexity index is 484. The SMILES string of the molecule is Cc1ccc(S)cc1C(=O)[C@@H](N)CCCN=C(N)N. The Morgan fingerprint density at radius 1 is 1.42 bits per heavy atom. The highest BCUT2D eigenvalue weighted by Gasteiger charge is 2.17. The third-order valence-corrected chi connectivity index (χ3v) is 3.07. The van der Waals surface area contributed by atoms with Crippen molar-refractivity contribution in [3.8, 4) is 0 Å².